The van der Waals surface area contributed by atoms with Crippen molar-refractivity contribution >= 4 is 56.9 Å². The van der Waals surface area contributed by atoms with E-state index in [1.54, 1.807) is 36.4 Å². The summed E-state index contributed by atoms with van der Waals surface area (Å²) in [5.41, 5.74) is 4.67. The van der Waals surface area contributed by atoms with Gasteiger partial charge in [0.05, 0.1) is 27.7 Å². The topological polar surface area (TPSA) is 88.1 Å². The number of halogens is 3. The van der Waals surface area contributed by atoms with Crippen molar-refractivity contribution in [2.75, 3.05) is 6.54 Å². The lowest BCUT2D eigenvalue weighted by Gasteiger charge is -2.22. The maximum atomic E-state index is 13.4. The van der Waals surface area contributed by atoms with Gasteiger partial charge in [-0.25, -0.2) is 13.8 Å². The zero-order valence-corrected chi connectivity index (χ0v) is 24.1. The first-order valence-corrected chi connectivity index (χ1v) is 14.6. The molecule has 0 saturated heterocycles. The number of rotatable bonds is 11. The van der Waals surface area contributed by atoms with Crippen molar-refractivity contribution in [1.29, 1.82) is 0 Å². The maximum Gasteiger partial charge on any atom is 0.255 e. The highest BCUT2D eigenvalue weighted by Crippen LogP contribution is 2.25. The maximum absolute atomic E-state index is 13.4. The Morgan fingerprint density at radius 3 is 2.33 bits per heavy atom. The molecular formula is C29H24Cl3N3O4S. The molecule has 0 bridgehead atoms. The van der Waals surface area contributed by atoms with Gasteiger partial charge in [0.15, 0.2) is 0 Å². The zero-order valence-electron chi connectivity index (χ0n) is 21.0. The van der Waals surface area contributed by atoms with Crippen LogP contribution in [0.15, 0.2) is 107 Å². The lowest BCUT2D eigenvalue weighted by Crippen LogP contribution is -2.39. The van der Waals surface area contributed by atoms with Gasteiger partial charge in [-0.05, 0) is 65.2 Å². The first-order valence-electron chi connectivity index (χ1n) is 12.0. The predicted octanol–water partition coefficient (Wildman–Crippen LogP) is 6.57. The molecule has 0 heterocycles. The Morgan fingerprint density at radius 2 is 1.60 bits per heavy atom. The van der Waals surface area contributed by atoms with Crippen LogP contribution in [0.3, 0.4) is 0 Å². The van der Waals surface area contributed by atoms with Crippen LogP contribution < -0.4 is 10.2 Å². The van der Waals surface area contributed by atoms with Crippen LogP contribution in [0.25, 0.3) is 0 Å². The lowest BCUT2D eigenvalue weighted by atomic mass is 10.2. The van der Waals surface area contributed by atoms with E-state index in [1.807, 2.05) is 36.4 Å². The summed E-state index contributed by atoms with van der Waals surface area (Å²) in [6, 6.07) is 27.4. The normalized spacial score (nSPS) is 11.6. The third-order valence-corrected chi connectivity index (χ3v) is 8.42. The number of carbonyl (C=O) groups excluding carboxylic acids is 1. The zero-order chi connectivity index (χ0) is 28.5. The summed E-state index contributed by atoms with van der Waals surface area (Å²) in [6.07, 6.45) is 1.45. The van der Waals surface area contributed by atoms with E-state index >= 15 is 0 Å². The van der Waals surface area contributed by atoms with Gasteiger partial charge >= 0.3 is 0 Å². The van der Waals surface area contributed by atoms with Gasteiger partial charge in [-0.15, -0.1) is 0 Å². The number of nitrogens with zero attached hydrogens (tertiary/aromatic N) is 2. The van der Waals surface area contributed by atoms with Crippen LogP contribution in [0.5, 0.6) is 5.75 Å². The highest BCUT2D eigenvalue weighted by Gasteiger charge is 2.27. The molecule has 0 saturated carbocycles. The second-order valence-electron chi connectivity index (χ2n) is 8.62. The second-order valence-corrected chi connectivity index (χ2v) is 11.8. The van der Waals surface area contributed by atoms with Crippen LogP contribution >= 0.6 is 34.8 Å². The van der Waals surface area contributed by atoms with Crippen molar-refractivity contribution in [3.63, 3.8) is 0 Å². The molecule has 11 heteroatoms. The fraction of sp³-hybridized carbons (Fsp3) is 0.103. The average Bonchev–Trinajstić information content (AvgIpc) is 2.94. The monoisotopic (exact) mass is 615 g/mol. The minimum Gasteiger partial charge on any atom is -0.489 e. The Kier molecular flexibility index (Phi) is 10.2. The minimum atomic E-state index is -4.08. The van der Waals surface area contributed by atoms with Crippen LogP contribution in [-0.4, -0.2) is 31.4 Å². The number of carbonyl (C=O) groups is 1. The van der Waals surface area contributed by atoms with E-state index in [-0.39, 0.29) is 16.5 Å². The molecule has 0 radical (unpaired) electrons. The molecule has 0 aliphatic carbocycles. The number of amides is 1. The summed E-state index contributed by atoms with van der Waals surface area (Å²) in [4.78, 5) is 12.8. The summed E-state index contributed by atoms with van der Waals surface area (Å²) < 4.78 is 33.7. The summed E-state index contributed by atoms with van der Waals surface area (Å²) in [7, 11) is -4.08. The Bertz CT molecular complexity index is 1600. The molecule has 0 aliphatic heterocycles. The fourth-order valence-corrected chi connectivity index (χ4v) is 5.45. The Labute approximate surface area is 248 Å². The van der Waals surface area contributed by atoms with E-state index in [0.29, 0.717) is 33.5 Å². The van der Waals surface area contributed by atoms with Gasteiger partial charge in [-0.3, -0.25) is 4.79 Å². The number of sulfonamides is 1. The van der Waals surface area contributed by atoms with Gasteiger partial charge in [-0.2, -0.15) is 9.41 Å². The summed E-state index contributed by atoms with van der Waals surface area (Å²) in [5.74, 6) is 0.00585. The van der Waals surface area contributed by atoms with E-state index in [0.717, 1.165) is 9.87 Å². The first-order chi connectivity index (χ1) is 19.2. The predicted molar refractivity (Wildman–Crippen MR) is 158 cm³/mol. The number of benzene rings is 4. The molecule has 7 nitrogen and oxygen atoms in total. The molecule has 0 aromatic heterocycles. The van der Waals surface area contributed by atoms with Crippen LogP contribution in [0, 0.1) is 0 Å². The van der Waals surface area contributed by atoms with Crippen LogP contribution in [-0.2, 0) is 28.0 Å². The molecule has 0 unspecified atom stereocenters. The summed E-state index contributed by atoms with van der Waals surface area (Å²) >= 11 is 18.0. The molecule has 0 aliphatic rings. The van der Waals surface area contributed by atoms with Crippen molar-refractivity contribution < 1.29 is 17.9 Å². The van der Waals surface area contributed by atoms with Gasteiger partial charge in [-0.1, -0.05) is 83.3 Å². The summed E-state index contributed by atoms with van der Waals surface area (Å²) in [5, 5.41) is 4.98. The van der Waals surface area contributed by atoms with E-state index in [4.69, 9.17) is 39.5 Å². The van der Waals surface area contributed by atoms with Gasteiger partial charge in [0, 0.05) is 11.6 Å². The van der Waals surface area contributed by atoms with Crippen molar-refractivity contribution in [1.82, 2.24) is 9.73 Å². The first kappa shape index (κ1) is 29.6. The second kappa shape index (κ2) is 13.8. The van der Waals surface area contributed by atoms with E-state index in [9.17, 15) is 13.2 Å². The standard InChI is InChI=1S/C29H24Cl3N3O4S/c30-24-10-12-26(13-11-24)40(37,38)35(18-23-9-14-27(31)28(32)16-23)19-29(36)34-33-17-22-7-4-8-25(15-22)39-20-21-5-2-1-3-6-21/h1-17H,18-20H2,(H,34,36)/b33-17-. The van der Waals surface area contributed by atoms with Crippen molar-refractivity contribution in [2.45, 2.75) is 18.0 Å². The van der Waals surface area contributed by atoms with Crippen molar-refractivity contribution in [2.24, 2.45) is 5.10 Å². The smallest absolute Gasteiger partial charge is 0.255 e. The molecule has 1 amide bonds. The number of hydrazone groups is 1. The Balaban J connectivity index is 1.44. The molecule has 206 valence electrons. The molecule has 0 atom stereocenters. The van der Waals surface area contributed by atoms with Crippen LogP contribution in [0.4, 0.5) is 0 Å². The highest BCUT2D eigenvalue weighted by molar-refractivity contribution is 7.89. The van der Waals surface area contributed by atoms with E-state index in [2.05, 4.69) is 10.5 Å². The molecule has 40 heavy (non-hydrogen) atoms. The molecule has 4 rings (SSSR count). The van der Waals surface area contributed by atoms with Crippen LogP contribution in [0.2, 0.25) is 15.1 Å². The van der Waals surface area contributed by atoms with Gasteiger partial charge in [0.25, 0.3) is 5.91 Å². The molecule has 4 aromatic rings. The van der Waals surface area contributed by atoms with Crippen molar-refractivity contribution in [3.05, 3.63) is 129 Å². The quantitative estimate of drug-likeness (QED) is 0.153. The number of hydrogen-bond donors (Lipinski definition) is 1. The van der Waals surface area contributed by atoms with E-state index in [1.165, 1.54) is 30.5 Å². The van der Waals surface area contributed by atoms with Gasteiger partial charge in [0.1, 0.15) is 12.4 Å². The Morgan fingerprint density at radius 1 is 0.850 bits per heavy atom. The Hall–Kier alpha value is -3.40. The molecular weight excluding hydrogens is 593 g/mol. The number of nitrogens with one attached hydrogen (secondary N) is 1. The van der Waals surface area contributed by atoms with Crippen molar-refractivity contribution in [3.8, 4) is 5.75 Å². The minimum absolute atomic E-state index is 0.0134. The largest absolute Gasteiger partial charge is 0.489 e. The number of hydrogen-bond acceptors (Lipinski definition) is 5. The molecule has 0 fully saturated rings. The van der Waals surface area contributed by atoms with Gasteiger partial charge < -0.3 is 4.74 Å². The van der Waals surface area contributed by atoms with E-state index < -0.39 is 22.5 Å². The third-order valence-electron chi connectivity index (χ3n) is 5.62. The highest BCUT2D eigenvalue weighted by atomic mass is 35.5. The molecule has 4 aromatic carbocycles. The molecule has 1 N–H and O–H groups in total. The van der Waals surface area contributed by atoms with Crippen LogP contribution in [0.1, 0.15) is 16.7 Å². The molecule has 0 spiro atoms. The number of ether oxygens (including phenoxy) is 1. The SMILES string of the molecule is O=C(CN(Cc1ccc(Cl)c(Cl)c1)S(=O)(=O)c1ccc(Cl)cc1)N/N=C\c1cccc(OCc2ccccc2)c1. The van der Waals surface area contributed by atoms with Gasteiger partial charge in [0.2, 0.25) is 10.0 Å². The fourth-order valence-electron chi connectivity index (χ4n) is 3.62. The lowest BCUT2D eigenvalue weighted by molar-refractivity contribution is -0.121. The average molecular weight is 617 g/mol. The summed E-state index contributed by atoms with van der Waals surface area (Å²) in [6.45, 7) is -0.211. The third kappa shape index (κ3) is 8.30.